The fourth-order valence-corrected chi connectivity index (χ4v) is 1.86. The molecule has 0 bridgehead atoms. The van der Waals surface area contributed by atoms with Crippen LogP contribution >= 0.6 is 0 Å². The second-order valence-electron chi connectivity index (χ2n) is 3.90. The number of hydrogen-bond acceptors (Lipinski definition) is 3. The molecule has 0 aromatic rings. The van der Waals surface area contributed by atoms with Gasteiger partial charge in [-0.05, 0) is 26.1 Å². The summed E-state index contributed by atoms with van der Waals surface area (Å²) in [6.07, 6.45) is 3.44. The number of rotatable bonds is 3. The van der Waals surface area contributed by atoms with Crippen molar-refractivity contribution in [1.82, 2.24) is 5.23 Å². The van der Waals surface area contributed by atoms with E-state index in [2.05, 4.69) is 25.9 Å². The van der Waals surface area contributed by atoms with Gasteiger partial charge in [-0.15, -0.1) is 0 Å². The Bertz CT molecular complexity index is 157. The van der Waals surface area contributed by atoms with Gasteiger partial charge in [0.1, 0.15) is 0 Å². The van der Waals surface area contributed by atoms with Crippen LogP contribution in [0.2, 0.25) is 6.82 Å². The molecule has 1 aliphatic heterocycles. The first-order valence-corrected chi connectivity index (χ1v) is 5.34. The van der Waals surface area contributed by atoms with Crippen molar-refractivity contribution in [3.63, 3.8) is 0 Å². The molecule has 0 radical (unpaired) electrons. The summed E-state index contributed by atoms with van der Waals surface area (Å²) in [6.45, 7) is 6.36. The van der Waals surface area contributed by atoms with Crippen molar-refractivity contribution in [2.24, 2.45) is 5.73 Å². The molecule has 0 aromatic heterocycles. The van der Waals surface area contributed by atoms with E-state index in [-0.39, 0.29) is 19.2 Å². The number of nitrogens with one attached hydrogen (secondary N) is 1. The highest BCUT2D eigenvalue weighted by Gasteiger charge is 2.30. The van der Waals surface area contributed by atoms with Crippen molar-refractivity contribution < 1.29 is 4.65 Å². The average Bonchev–Trinajstić information content (AvgIpc) is 2.15. The Labute approximate surface area is 81.5 Å². The summed E-state index contributed by atoms with van der Waals surface area (Å²) in [4.78, 5) is 0. The Kier molecular flexibility index (Phi) is 4.23. The van der Waals surface area contributed by atoms with Gasteiger partial charge in [0.2, 0.25) is 0 Å². The highest BCUT2D eigenvalue weighted by atomic mass is 16.5. The second kappa shape index (κ2) is 4.98. The van der Waals surface area contributed by atoms with Gasteiger partial charge in [-0.3, -0.25) is 0 Å². The molecule has 3 nitrogen and oxygen atoms in total. The molecule has 0 aliphatic carbocycles. The highest BCUT2D eigenvalue weighted by Crippen LogP contribution is 2.16. The van der Waals surface area contributed by atoms with E-state index in [9.17, 15) is 0 Å². The fraction of sp³-hybridized carbons (Fsp3) is 1.00. The van der Waals surface area contributed by atoms with E-state index >= 15 is 0 Å². The molecular formula is C9H21BN2O. The van der Waals surface area contributed by atoms with Crippen molar-refractivity contribution in [3.8, 4) is 0 Å². The maximum atomic E-state index is 5.97. The third-order valence-electron chi connectivity index (χ3n) is 2.81. The predicted octanol–water partition coefficient (Wildman–Crippen LogP) is 0.999. The topological polar surface area (TPSA) is 47.3 Å². The Hall–Kier alpha value is -0.0551. The van der Waals surface area contributed by atoms with Crippen LogP contribution in [0.5, 0.6) is 0 Å². The normalized spacial score (nSPS) is 31.8. The van der Waals surface area contributed by atoms with Gasteiger partial charge < -0.3 is 15.6 Å². The summed E-state index contributed by atoms with van der Waals surface area (Å²) in [7, 11) is 0.154. The van der Waals surface area contributed by atoms with E-state index in [1.54, 1.807) is 0 Å². The molecule has 76 valence electrons. The zero-order chi connectivity index (χ0) is 9.84. The van der Waals surface area contributed by atoms with Crippen LogP contribution in [-0.2, 0) is 4.65 Å². The van der Waals surface area contributed by atoms with Crippen LogP contribution in [0, 0.1) is 0 Å². The van der Waals surface area contributed by atoms with Crippen LogP contribution in [0.15, 0.2) is 0 Å². The van der Waals surface area contributed by atoms with Crippen LogP contribution in [-0.4, -0.2) is 25.2 Å². The fourth-order valence-electron chi connectivity index (χ4n) is 1.86. The lowest BCUT2D eigenvalue weighted by Crippen LogP contribution is -2.55. The molecule has 0 aromatic carbocycles. The van der Waals surface area contributed by atoms with E-state index in [0.29, 0.717) is 6.04 Å². The molecule has 0 spiro atoms. The molecule has 3 N–H and O–H groups in total. The summed E-state index contributed by atoms with van der Waals surface area (Å²) < 4.78 is 5.73. The quantitative estimate of drug-likeness (QED) is 0.643. The first kappa shape index (κ1) is 11.0. The Balaban J connectivity index is 2.46. The molecule has 0 saturated carbocycles. The molecule has 4 heteroatoms. The van der Waals surface area contributed by atoms with Gasteiger partial charge >= 0.3 is 7.05 Å². The van der Waals surface area contributed by atoms with Crippen molar-refractivity contribution in [1.29, 1.82) is 0 Å². The monoisotopic (exact) mass is 184 g/mol. The minimum Gasteiger partial charge on any atom is -0.417 e. The lowest BCUT2D eigenvalue weighted by molar-refractivity contribution is 0.117. The zero-order valence-corrected chi connectivity index (χ0v) is 8.92. The maximum Gasteiger partial charge on any atom is 0.376 e. The van der Waals surface area contributed by atoms with E-state index in [4.69, 9.17) is 10.4 Å². The van der Waals surface area contributed by atoms with Crippen LogP contribution in [0.1, 0.15) is 33.1 Å². The van der Waals surface area contributed by atoms with Gasteiger partial charge in [0.15, 0.2) is 0 Å². The first-order chi connectivity index (χ1) is 6.17. The second-order valence-corrected chi connectivity index (χ2v) is 3.90. The minimum atomic E-state index is 0.154. The third kappa shape index (κ3) is 2.97. The van der Waals surface area contributed by atoms with Crippen LogP contribution in [0.4, 0.5) is 0 Å². The summed E-state index contributed by atoms with van der Waals surface area (Å²) in [5, 5.41) is 3.40. The van der Waals surface area contributed by atoms with Gasteiger partial charge in [0.05, 0.1) is 6.10 Å². The van der Waals surface area contributed by atoms with Gasteiger partial charge in [0, 0.05) is 12.1 Å². The van der Waals surface area contributed by atoms with E-state index in [1.165, 1.54) is 0 Å². The molecule has 13 heavy (non-hydrogen) atoms. The molecule has 3 atom stereocenters. The van der Waals surface area contributed by atoms with Crippen molar-refractivity contribution in [3.05, 3.63) is 0 Å². The third-order valence-corrected chi connectivity index (χ3v) is 2.81. The summed E-state index contributed by atoms with van der Waals surface area (Å²) >= 11 is 0. The highest BCUT2D eigenvalue weighted by molar-refractivity contribution is 6.47. The Morgan fingerprint density at radius 2 is 2.31 bits per heavy atom. The SMILES string of the molecule is CC[C@H]1C[C@@H]([C@@H](N)CC)OB(C)N1. The zero-order valence-electron chi connectivity index (χ0n) is 8.92. The molecule has 0 amide bonds. The van der Waals surface area contributed by atoms with Crippen LogP contribution in [0.25, 0.3) is 0 Å². The van der Waals surface area contributed by atoms with Gasteiger partial charge in [-0.2, -0.15) is 0 Å². The minimum absolute atomic E-state index is 0.154. The smallest absolute Gasteiger partial charge is 0.376 e. The number of nitrogens with two attached hydrogens (primary N) is 1. The van der Waals surface area contributed by atoms with Crippen molar-refractivity contribution in [2.45, 2.75) is 58.1 Å². The van der Waals surface area contributed by atoms with Crippen LogP contribution < -0.4 is 11.0 Å². The van der Waals surface area contributed by atoms with E-state index < -0.39 is 0 Å². The molecule has 1 fully saturated rings. The van der Waals surface area contributed by atoms with Gasteiger partial charge in [0.25, 0.3) is 0 Å². The molecule has 1 aliphatic rings. The average molecular weight is 184 g/mol. The standard InChI is InChI=1S/C9H21BN2O/c1-4-7-6-9(8(11)5-2)13-10(3)12-7/h7-9,12H,4-6,11H2,1-3H3/t7-,8-,9-/m0/s1. The Morgan fingerprint density at radius 1 is 1.62 bits per heavy atom. The van der Waals surface area contributed by atoms with E-state index in [0.717, 1.165) is 19.3 Å². The molecule has 1 saturated heterocycles. The largest absolute Gasteiger partial charge is 0.417 e. The maximum absolute atomic E-state index is 5.97. The first-order valence-electron chi connectivity index (χ1n) is 5.34. The summed E-state index contributed by atoms with van der Waals surface area (Å²) in [6, 6.07) is 0.768. The summed E-state index contributed by atoms with van der Waals surface area (Å²) in [5.74, 6) is 0. The van der Waals surface area contributed by atoms with Gasteiger partial charge in [-0.25, -0.2) is 0 Å². The molecule has 1 rings (SSSR count). The van der Waals surface area contributed by atoms with Gasteiger partial charge in [-0.1, -0.05) is 13.8 Å². The molecule has 1 heterocycles. The predicted molar refractivity (Wildman–Crippen MR) is 56.6 cm³/mol. The molecule has 0 unspecified atom stereocenters. The van der Waals surface area contributed by atoms with E-state index in [1.807, 2.05) is 0 Å². The lowest BCUT2D eigenvalue weighted by atomic mass is 9.80. The Morgan fingerprint density at radius 3 is 2.85 bits per heavy atom. The number of hydrogen-bond donors (Lipinski definition) is 2. The van der Waals surface area contributed by atoms with Crippen LogP contribution in [0.3, 0.4) is 0 Å². The van der Waals surface area contributed by atoms with Crippen molar-refractivity contribution >= 4 is 7.05 Å². The summed E-state index contributed by atoms with van der Waals surface area (Å²) in [5.41, 5.74) is 5.97. The molecular weight excluding hydrogens is 163 g/mol. The lowest BCUT2D eigenvalue weighted by Gasteiger charge is -2.36. The van der Waals surface area contributed by atoms with Crippen molar-refractivity contribution in [2.75, 3.05) is 0 Å².